The summed E-state index contributed by atoms with van der Waals surface area (Å²) in [7, 11) is 3.23. The lowest BCUT2D eigenvalue weighted by molar-refractivity contribution is -0.137. The van der Waals surface area contributed by atoms with Crippen LogP contribution in [0.2, 0.25) is 0 Å². The van der Waals surface area contributed by atoms with E-state index < -0.39 is 5.97 Å². The molecular formula is C13H18O4. The number of hydrogen-bond acceptors (Lipinski definition) is 3. The van der Waals surface area contributed by atoms with Crippen molar-refractivity contribution in [3.8, 4) is 11.5 Å². The maximum Gasteiger partial charge on any atom is 0.303 e. The van der Waals surface area contributed by atoms with Gasteiger partial charge in [-0.1, -0.05) is 0 Å². The van der Waals surface area contributed by atoms with Gasteiger partial charge in [-0.3, -0.25) is 4.79 Å². The Hall–Kier alpha value is -1.71. The van der Waals surface area contributed by atoms with Crippen LogP contribution in [-0.4, -0.2) is 25.3 Å². The van der Waals surface area contributed by atoms with Crippen LogP contribution in [-0.2, 0) is 11.2 Å². The molecule has 0 radical (unpaired) electrons. The fraction of sp³-hybridized carbons (Fsp3) is 0.462. The smallest absolute Gasteiger partial charge is 0.303 e. The highest BCUT2D eigenvalue weighted by molar-refractivity contribution is 5.66. The van der Waals surface area contributed by atoms with Crippen LogP contribution in [0.15, 0.2) is 12.1 Å². The molecule has 0 spiro atoms. The van der Waals surface area contributed by atoms with Crippen LogP contribution in [0.25, 0.3) is 0 Å². The Balaban J connectivity index is 2.84. The first kappa shape index (κ1) is 13.4. The van der Waals surface area contributed by atoms with Crippen molar-refractivity contribution >= 4 is 5.97 Å². The molecule has 0 fully saturated rings. The number of carboxylic acids is 1. The SMILES string of the molecule is COc1cc(CCCC(=O)O)c(OC)cc1C. The van der Waals surface area contributed by atoms with Crippen molar-refractivity contribution in [2.24, 2.45) is 0 Å². The molecule has 4 nitrogen and oxygen atoms in total. The van der Waals surface area contributed by atoms with Gasteiger partial charge in [0.05, 0.1) is 14.2 Å². The van der Waals surface area contributed by atoms with E-state index in [2.05, 4.69) is 0 Å². The third-order valence-corrected chi connectivity index (χ3v) is 2.63. The van der Waals surface area contributed by atoms with E-state index >= 15 is 0 Å². The van der Waals surface area contributed by atoms with Gasteiger partial charge in [-0.15, -0.1) is 0 Å². The number of benzene rings is 1. The molecule has 94 valence electrons. The molecule has 0 saturated carbocycles. The molecular weight excluding hydrogens is 220 g/mol. The summed E-state index contributed by atoms with van der Waals surface area (Å²) in [4.78, 5) is 10.5. The van der Waals surface area contributed by atoms with Crippen molar-refractivity contribution in [1.29, 1.82) is 0 Å². The van der Waals surface area contributed by atoms with E-state index in [0.29, 0.717) is 12.8 Å². The minimum atomic E-state index is -0.775. The lowest BCUT2D eigenvalue weighted by Gasteiger charge is -2.12. The first-order valence-corrected chi connectivity index (χ1v) is 5.51. The highest BCUT2D eigenvalue weighted by Gasteiger charge is 2.09. The number of rotatable bonds is 6. The topological polar surface area (TPSA) is 55.8 Å². The van der Waals surface area contributed by atoms with Crippen LogP contribution in [0.1, 0.15) is 24.0 Å². The maximum absolute atomic E-state index is 10.5. The summed E-state index contributed by atoms with van der Waals surface area (Å²) in [5, 5.41) is 8.61. The van der Waals surface area contributed by atoms with Crippen LogP contribution in [0.4, 0.5) is 0 Å². The lowest BCUT2D eigenvalue weighted by Crippen LogP contribution is -1.99. The van der Waals surface area contributed by atoms with Crippen molar-refractivity contribution in [3.05, 3.63) is 23.3 Å². The predicted octanol–water partition coefficient (Wildman–Crippen LogP) is 2.42. The van der Waals surface area contributed by atoms with Gasteiger partial charge in [0.2, 0.25) is 0 Å². The average Bonchev–Trinajstić information content (AvgIpc) is 2.30. The number of aryl methyl sites for hydroxylation is 2. The average molecular weight is 238 g/mol. The summed E-state index contributed by atoms with van der Waals surface area (Å²) in [6.07, 6.45) is 1.43. The zero-order valence-electron chi connectivity index (χ0n) is 10.4. The van der Waals surface area contributed by atoms with Gasteiger partial charge in [0.15, 0.2) is 0 Å². The van der Waals surface area contributed by atoms with Gasteiger partial charge in [0.25, 0.3) is 0 Å². The van der Waals surface area contributed by atoms with Crippen molar-refractivity contribution in [3.63, 3.8) is 0 Å². The summed E-state index contributed by atoms with van der Waals surface area (Å²) in [6.45, 7) is 1.95. The molecule has 1 aromatic carbocycles. The quantitative estimate of drug-likeness (QED) is 0.827. The number of aliphatic carboxylic acids is 1. The second kappa shape index (κ2) is 6.13. The van der Waals surface area contributed by atoms with Crippen LogP contribution >= 0.6 is 0 Å². The molecule has 4 heteroatoms. The summed E-state index contributed by atoms with van der Waals surface area (Å²) >= 11 is 0. The van der Waals surface area contributed by atoms with Crippen LogP contribution in [0.5, 0.6) is 11.5 Å². The van der Waals surface area contributed by atoms with Crippen molar-refractivity contribution in [2.45, 2.75) is 26.2 Å². The molecule has 0 amide bonds. The second-order valence-corrected chi connectivity index (χ2v) is 3.88. The minimum Gasteiger partial charge on any atom is -0.496 e. The summed E-state index contributed by atoms with van der Waals surface area (Å²) in [6, 6.07) is 3.82. The molecule has 0 unspecified atom stereocenters. The third kappa shape index (κ3) is 3.66. The number of carbonyl (C=O) groups is 1. The van der Waals surface area contributed by atoms with Crippen molar-refractivity contribution in [2.75, 3.05) is 14.2 Å². The molecule has 0 heterocycles. The van der Waals surface area contributed by atoms with E-state index in [9.17, 15) is 4.79 Å². The van der Waals surface area contributed by atoms with Crippen molar-refractivity contribution < 1.29 is 19.4 Å². The summed E-state index contributed by atoms with van der Waals surface area (Å²) in [5.41, 5.74) is 1.99. The Bertz CT molecular complexity index is 399. The third-order valence-electron chi connectivity index (χ3n) is 2.63. The van der Waals surface area contributed by atoms with E-state index in [1.54, 1.807) is 14.2 Å². The molecule has 1 aromatic rings. The van der Waals surface area contributed by atoms with Gasteiger partial charge in [-0.05, 0) is 43.0 Å². The zero-order chi connectivity index (χ0) is 12.8. The van der Waals surface area contributed by atoms with Gasteiger partial charge in [-0.25, -0.2) is 0 Å². The Morgan fingerprint density at radius 3 is 2.41 bits per heavy atom. The first-order valence-electron chi connectivity index (χ1n) is 5.51. The zero-order valence-corrected chi connectivity index (χ0v) is 10.4. The van der Waals surface area contributed by atoms with Gasteiger partial charge in [0.1, 0.15) is 11.5 Å². The molecule has 0 aliphatic rings. The molecule has 17 heavy (non-hydrogen) atoms. The van der Waals surface area contributed by atoms with Crippen molar-refractivity contribution in [1.82, 2.24) is 0 Å². The highest BCUT2D eigenvalue weighted by Crippen LogP contribution is 2.29. The Labute approximate surface area is 101 Å². The van der Waals surface area contributed by atoms with E-state index in [1.807, 2.05) is 19.1 Å². The second-order valence-electron chi connectivity index (χ2n) is 3.88. The van der Waals surface area contributed by atoms with E-state index in [-0.39, 0.29) is 6.42 Å². The van der Waals surface area contributed by atoms with Gasteiger partial charge in [-0.2, -0.15) is 0 Å². The monoisotopic (exact) mass is 238 g/mol. The lowest BCUT2D eigenvalue weighted by atomic mass is 10.0. The first-order chi connectivity index (χ1) is 8.08. The maximum atomic E-state index is 10.5. The Kier molecular flexibility index (Phi) is 4.82. The van der Waals surface area contributed by atoms with Gasteiger partial charge in [0, 0.05) is 6.42 Å². The van der Waals surface area contributed by atoms with Crippen LogP contribution < -0.4 is 9.47 Å². The largest absolute Gasteiger partial charge is 0.496 e. The van der Waals surface area contributed by atoms with E-state index in [0.717, 1.165) is 22.6 Å². The molecule has 0 bridgehead atoms. The van der Waals surface area contributed by atoms with E-state index in [4.69, 9.17) is 14.6 Å². The summed E-state index contributed by atoms with van der Waals surface area (Å²) < 4.78 is 10.5. The molecule has 1 N–H and O–H groups in total. The standard InChI is InChI=1S/C13H18O4/c1-9-7-12(17-3)10(8-11(9)16-2)5-4-6-13(14)15/h7-8H,4-6H2,1-3H3,(H,14,15). The summed E-state index contributed by atoms with van der Waals surface area (Å²) in [5.74, 6) is 0.813. The Morgan fingerprint density at radius 2 is 1.88 bits per heavy atom. The normalized spacial score (nSPS) is 10.1. The predicted molar refractivity (Wildman–Crippen MR) is 64.9 cm³/mol. The fourth-order valence-electron chi connectivity index (χ4n) is 1.74. The molecule has 0 saturated heterocycles. The van der Waals surface area contributed by atoms with Crippen LogP contribution in [0, 0.1) is 6.92 Å². The van der Waals surface area contributed by atoms with Gasteiger partial charge < -0.3 is 14.6 Å². The van der Waals surface area contributed by atoms with E-state index in [1.165, 1.54) is 0 Å². The molecule has 0 atom stereocenters. The number of methoxy groups -OCH3 is 2. The Morgan fingerprint density at radius 1 is 1.24 bits per heavy atom. The highest BCUT2D eigenvalue weighted by atomic mass is 16.5. The number of ether oxygens (including phenoxy) is 2. The molecule has 0 aliphatic carbocycles. The fourth-order valence-corrected chi connectivity index (χ4v) is 1.74. The molecule has 1 rings (SSSR count). The minimum absolute atomic E-state index is 0.166. The molecule has 0 aromatic heterocycles. The number of carboxylic acid groups (broad SMARTS) is 1. The number of hydrogen-bond donors (Lipinski definition) is 1. The van der Waals surface area contributed by atoms with Crippen LogP contribution in [0.3, 0.4) is 0 Å². The van der Waals surface area contributed by atoms with Gasteiger partial charge >= 0.3 is 5.97 Å². The molecule has 0 aliphatic heterocycles.